The number of rotatable bonds is 3. The molecule has 1 aromatic carbocycles. The Bertz CT molecular complexity index is 463. The molecule has 1 aliphatic rings. The second-order valence-electron chi connectivity index (χ2n) is 4.86. The van der Waals surface area contributed by atoms with Crippen LogP contribution >= 0.6 is 15.9 Å². The van der Waals surface area contributed by atoms with Gasteiger partial charge in [-0.1, -0.05) is 15.9 Å². The SMILES string of the molecule is CC(N)c1cc(Br)ccc1OC1CCCCNC1=O. The number of amides is 1. The highest BCUT2D eigenvalue weighted by molar-refractivity contribution is 9.10. The van der Waals surface area contributed by atoms with E-state index in [1.165, 1.54) is 0 Å². The number of nitrogens with two attached hydrogens (primary N) is 1. The van der Waals surface area contributed by atoms with E-state index in [0.717, 1.165) is 35.8 Å². The lowest BCUT2D eigenvalue weighted by atomic mass is 10.1. The van der Waals surface area contributed by atoms with E-state index in [9.17, 15) is 4.79 Å². The van der Waals surface area contributed by atoms with Crippen LogP contribution in [-0.2, 0) is 4.79 Å². The fourth-order valence-electron chi connectivity index (χ4n) is 2.16. The third kappa shape index (κ3) is 3.70. The van der Waals surface area contributed by atoms with Crippen LogP contribution in [0.4, 0.5) is 0 Å². The molecule has 1 aromatic rings. The van der Waals surface area contributed by atoms with Crippen molar-refractivity contribution in [1.82, 2.24) is 5.32 Å². The highest BCUT2D eigenvalue weighted by Crippen LogP contribution is 2.29. The average Bonchev–Trinajstić information content (AvgIpc) is 2.57. The Morgan fingerprint density at radius 2 is 2.26 bits per heavy atom. The highest BCUT2D eigenvalue weighted by atomic mass is 79.9. The lowest BCUT2D eigenvalue weighted by Crippen LogP contribution is -2.36. The maximum atomic E-state index is 11.9. The van der Waals surface area contributed by atoms with Crippen molar-refractivity contribution in [2.75, 3.05) is 6.54 Å². The molecule has 2 atom stereocenters. The molecule has 0 spiro atoms. The molecular formula is C14H19BrN2O2. The predicted octanol–water partition coefficient (Wildman–Crippen LogP) is 2.52. The van der Waals surface area contributed by atoms with Crippen molar-refractivity contribution in [3.8, 4) is 5.75 Å². The zero-order valence-electron chi connectivity index (χ0n) is 11.0. The summed E-state index contributed by atoms with van der Waals surface area (Å²) >= 11 is 3.42. The Morgan fingerprint density at radius 1 is 1.47 bits per heavy atom. The molecule has 19 heavy (non-hydrogen) atoms. The van der Waals surface area contributed by atoms with Crippen molar-refractivity contribution in [3.63, 3.8) is 0 Å². The van der Waals surface area contributed by atoms with Crippen molar-refractivity contribution in [2.45, 2.75) is 38.3 Å². The van der Waals surface area contributed by atoms with Crippen LogP contribution in [0.15, 0.2) is 22.7 Å². The van der Waals surface area contributed by atoms with Gasteiger partial charge in [0.05, 0.1) is 0 Å². The summed E-state index contributed by atoms with van der Waals surface area (Å²) in [6.07, 6.45) is 2.33. The fourth-order valence-corrected chi connectivity index (χ4v) is 2.54. The second kappa shape index (κ2) is 6.39. The second-order valence-corrected chi connectivity index (χ2v) is 5.78. The number of nitrogens with one attached hydrogen (secondary N) is 1. The van der Waals surface area contributed by atoms with Crippen molar-refractivity contribution in [3.05, 3.63) is 28.2 Å². The van der Waals surface area contributed by atoms with Gasteiger partial charge in [-0.05, 0) is 44.4 Å². The summed E-state index contributed by atoms with van der Waals surface area (Å²) in [4.78, 5) is 11.9. The molecule has 2 rings (SSSR count). The predicted molar refractivity (Wildman–Crippen MR) is 78.0 cm³/mol. The minimum Gasteiger partial charge on any atom is -0.480 e. The van der Waals surface area contributed by atoms with Crippen LogP contribution in [0.2, 0.25) is 0 Å². The number of ether oxygens (including phenoxy) is 1. The number of carbonyl (C=O) groups is 1. The molecule has 0 saturated carbocycles. The molecule has 4 nitrogen and oxygen atoms in total. The molecule has 0 aliphatic carbocycles. The van der Waals surface area contributed by atoms with Gasteiger partial charge in [-0.2, -0.15) is 0 Å². The number of benzene rings is 1. The molecule has 3 N–H and O–H groups in total. The van der Waals surface area contributed by atoms with Crippen molar-refractivity contribution in [1.29, 1.82) is 0 Å². The number of halogens is 1. The van der Waals surface area contributed by atoms with Crippen LogP contribution in [0.5, 0.6) is 5.75 Å². The van der Waals surface area contributed by atoms with Crippen LogP contribution in [0, 0.1) is 0 Å². The summed E-state index contributed by atoms with van der Waals surface area (Å²) in [5.41, 5.74) is 6.86. The molecule has 1 saturated heterocycles. The van der Waals surface area contributed by atoms with E-state index in [1.54, 1.807) is 0 Å². The molecule has 0 radical (unpaired) electrons. The van der Waals surface area contributed by atoms with Gasteiger partial charge < -0.3 is 15.8 Å². The number of hydrogen-bond donors (Lipinski definition) is 2. The summed E-state index contributed by atoms with van der Waals surface area (Å²) in [5.74, 6) is 0.663. The Balaban J connectivity index is 2.19. The van der Waals surface area contributed by atoms with E-state index < -0.39 is 6.10 Å². The summed E-state index contributed by atoms with van der Waals surface area (Å²) in [6.45, 7) is 2.64. The van der Waals surface area contributed by atoms with E-state index in [-0.39, 0.29) is 11.9 Å². The average molecular weight is 327 g/mol. The normalized spacial score (nSPS) is 21.4. The minimum atomic E-state index is -0.416. The third-order valence-electron chi connectivity index (χ3n) is 3.22. The van der Waals surface area contributed by atoms with Gasteiger partial charge in [0.15, 0.2) is 6.10 Å². The van der Waals surface area contributed by atoms with Crippen LogP contribution in [0.3, 0.4) is 0 Å². The van der Waals surface area contributed by atoms with Gasteiger partial charge in [0.25, 0.3) is 5.91 Å². The first-order valence-electron chi connectivity index (χ1n) is 6.57. The topological polar surface area (TPSA) is 64.3 Å². The van der Waals surface area contributed by atoms with Crippen LogP contribution in [0.25, 0.3) is 0 Å². The third-order valence-corrected chi connectivity index (χ3v) is 3.71. The monoisotopic (exact) mass is 326 g/mol. The van der Waals surface area contributed by atoms with E-state index >= 15 is 0 Å². The molecule has 0 aromatic heterocycles. The quantitative estimate of drug-likeness (QED) is 0.897. The van der Waals surface area contributed by atoms with Gasteiger partial charge in [-0.15, -0.1) is 0 Å². The van der Waals surface area contributed by atoms with Crippen LogP contribution in [0.1, 0.15) is 37.8 Å². The summed E-state index contributed by atoms with van der Waals surface area (Å²) in [7, 11) is 0. The summed E-state index contributed by atoms with van der Waals surface area (Å²) < 4.78 is 6.84. The molecule has 2 unspecified atom stereocenters. The first-order valence-corrected chi connectivity index (χ1v) is 7.36. The lowest BCUT2D eigenvalue weighted by molar-refractivity contribution is -0.127. The first kappa shape index (κ1) is 14.3. The standard InChI is InChI=1S/C14H19BrN2O2/c1-9(16)11-8-10(15)5-6-12(11)19-13-4-2-3-7-17-14(13)18/h5-6,8-9,13H,2-4,7,16H2,1H3,(H,17,18). The smallest absolute Gasteiger partial charge is 0.261 e. The Labute approximate surface area is 121 Å². The molecule has 1 amide bonds. The zero-order chi connectivity index (χ0) is 13.8. The lowest BCUT2D eigenvalue weighted by Gasteiger charge is -2.20. The molecule has 104 valence electrons. The van der Waals surface area contributed by atoms with Gasteiger partial charge in [0.1, 0.15) is 5.75 Å². The summed E-state index contributed by atoms with van der Waals surface area (Å²) in [5, 5.41) is 2.87. The van der Waals surface area contributed by atoms with Crippen molar-refractivity contribution >= 4 is 21.8 Å². The Kier molecular flexibility index (Phi) is 4.82. The van der Waals surface area contributed by atoms with Gasteiger partial charge >= 0.3 is 0 Å². The maximum absolute atomic E-state index is 11.9. The van der Waals surface area contributed by atoms with Gasteiger partial charge in [-0.3, -0.25) is 4.79 Å². The first-order chi connectivity index (χ1) is 9.08. The van der Waals surface area contributed by atoms with Gasteiger partial charge in [0, 0.05) is 22.6 Å². The van der Waals surface area contributed by atoms with E-state index in [4.69, 9.17) is 10.5 Å². The molecular weight excluding hydrogens is 308 g/mol. The van der Waals surface area contributed by atoms with Crippen LogP contribution < -0.4 is 15.8 Å². The molecule has 5 heteroatoms. The van der Waals surface area contributed by atoms with Crippen molar-refractivity contribution in [2.24, 2.45) is 5.73 Å². The molecule has 1 aliphatic heterocycles. The zero-order valence-corrected chi connectivity index (χ0v) is 12.6. The maximum Gasteiger partial charge on any atom is 0.261 e. The van der Waals surface area contributed by atoms with Gasteiger partial charge in [0.2, 0.25) is 0 Å². The Morgan fingerprint density at radius 3 is 3.00 bits per heavy atom. The van der Waals surface area contributed by atoms with E-state index in [2.05, 4.69) is 21.2 Å². The van der Waals surface area contributed by atoms with Gasteiger partial charge in [-0.25, -0.2) is 0 Å². The minimum absolute atomic E-state index is 0.0314. The Hall–Kier alpha value is -1.07. The summed E-state index contributed by atoms with van der Waals surface area (Å²) in [6, 6.07) is 5.56. The van der Waals surface area contributed by atoms with E-state index in [1.807, 2.05) is 25.1 Å². The fraction of sp³-hybridized carbons (Fsp3) is 0.500. The molecule has 1 fully saturated rings. The van der Waals surface area contributed by atoms with Crippen LogP contribution in [-0.4, -0.2) is 18.6 Å². The molecule has 0 bridgehead atoms. The largest absolute Gasteiger partial charge is 0.480 e. The highest BCUT2D eigenvalue weighted by Gasteiger charge is 2.23. The van der Waals surface area contributed by atoms with Crippen molar-refractivity contribution < 1.29 is 9.53 Å². The number of carbonyl (C=O) groups excluding carboxylic acids is 1. The van der Waals surface area contributed by atoms with E-state index in [0.29, 0.717) is 5.75 Å². The molecule has 1 heterocycles. The number of hydrogen-bond acceptors (Lipinski definition) is 3.